The van der Waals surface area contributed by atoms with Crippen molar-refractivity contribution in [2.75, 3.05) is 13.2 Å². The van der Waals surface area contributed by atoms with Crippen molar-refractivity contribution in [2.45, 2.75) is 64.8 Å². The molecule has 0 aromatic rings. The molecule has 1 heterocycles. The molecular formula is C22H32O4. The van der Waals surface area contributed by atoms with Crippen molar-refractivity contribution in [3.8, 4) is 0 Å². The van der Waals surface area contributed by atoms with Crippen LogP contribution in [0.5, 0.6) is 0 Å². The number of ether oxygens (including phenoxy) is 2. The van der Waals surface area contributed by atoms with Crippen molar-refractivity contribution >= 4 is 5.78 Å². The lowest BCUT2D eigenvalue weighted by Crippen LogP contribution is -2.62. The van der Waals surface area contributed by atoms with Crippen LogP contribution in [0.1, 0.15) is 52.9 Å². The lowest BCUT2D eigenvalue weighted by atomic mass is 9.45. The lowest BCUT2D eigenvalue weighted by molar-refractivity contribution is -0.238. The van der Waals surface area contributed by atoms with Gasteiger partial charge in [0.25, 0.3) is 0 Å². The quantitative estimate of drug-likeness (QED) is 0.725. The smallest absolute Gasteiger partial charge is 0.173 e. The first-order valence-electron chi connectivity index (χ1n) is 9.98. The molecule has 4 heteroatoms. The van der Waals surface area contributed by atoms with Crippen molar-refractivity contribution < 1.29 is 19.4 Å². The zero-order chi connectivity index (χ0) is 19.0. The number of aliphatic hydroxyl groups excluding tert-OH is 1. The molecule has 1 N–H and O–H groups in total. The molecule has 4 unspecified atom stereocenters. The number of carbonyl (C=O) groups is 1. The molecule has 4 fully saturated rings. The summed E-state index contributed by atoms with van der Waals surface area (Å²) in [6.45, 7) is 15.7. The Morgan fingerprint density at radius 2 is 1.85 bits per heavy atom. The van der Waals surface area contributed by atoms with Gasteiger partial charge in [-0.2, -0.15) is 0 Å². The summed E-state index contributed by atoms with van der Waals surface area (Å²) < 4.78 is 12.4. The van der Waals surface area contributed by atoms with Gasteiger partial charge in [-0.3, -0.25) is 4.79 Å². The topological polar surface area (TPSA) is 55.8 Å². The summed E-state index contributed by atoms with van der Waals surface area (Å²) in [6, 6.07) is 0. The SMILES string of the molecule is C=C[C@@]1(C)CC(=O)[C@]2(C)C(C)CCC3(CCC4(OCCO4)C32)C(=C)C1O. The molecule has 3 saturated carbocycles. The second-order valence-corrected chi connectivity index (χ2v) is 9.56. The number of Topliss-reactive ketones (excluding diaryl/α,β-unsaturated/α-hetero) is 1. The van der Waals surface area contributed by atoms with Gasteiger partial charge >= 0.3 is 0 Å². The highest BCUT2D eigenvalue weighted by Gasteiger charge is 2.72. The minimum absolute atomic E-state index is 0.0854. The Balaban J connectivity index is 1.95. The van der Waals surface area contributed by atoms with E-state index in [0.717, 1.165) is 31.3 Å². The van der Waals surface area contributed by atoms with Crippen LogP contribution in [-0.4, -0.2) is 36.0 Å². The molecule has 1 spiro atoms. The Bertz CT molecular complexity index is 663. The number of carbonyl (C=O) groups excluding carboxylic acids is 1. The highest BCUT2D eigenvalue weighted by atomic mass is 16.7. The van der Waals surface area contributed by atoms with Gasteiger partial charge in [-0.15, -0.1) is 6.58 Å². The first-order valence-corrected chi connectivity index (χ1v) is 9.98. The standard InChI is InChI=1S/C22H32O4/c1-6-19(4)13-16(23)20(5)14(2)7-8-21(15(3)17(19)24)9-10-22(18(20)21)25-11-12-26-22/h6,14,17-18,24H,1,3,7-13H2,2,4-5H3/t14?,17?,18?,19-,20-,21?/m0/s1. The van der Waals surface area contributed by atoms with E-state index in [2.05, 4.69) is 27.0 Å². The largest absolute Gasteiger partial charge is 0.388 e. The zero-order valence-corrected chi connectivity index (χ0v) is 16.3. The minimum Gasteiger partial charge on any atom is -0.388 e. The molecule has 4 rings (SSSR count). The number of rotatable bonds is 1. The molecular weight excluding hydrogens is 328 g/mol. The minimum atomic E-state index is -0.777. The van der Waals surface area contributed by atoms with Gasteiger partial charge in [0.15, 0.2) is 5.79 Å². The molecule has 0 amide bonds. The molecule has 4 nitrogen and oxygen atoms in total. The summed E-state index contributed by atoms with van der Waals surface area (Å²) in [6.07, 6.45) is 4.76. The Kier molecular flexibility index (Phi) is 3.91. The van der Waals surface area contributed by atoms with Gasteiger partial charge in [0.2, 0.25) is 0 Å². The van der Waals surface area contributed by atoms with Crippen molar-refractivity contribution in [3.05, 3.63) is 24.8 Å². The van der Waals surface area contributed by atoms with Crippen molar-refractivity contribution in [2.24, 2.45) is 28.1 Å². The first kappa shape index (κ1) is 18.4. The maximum absolute atomic E-state index is 13.7. The van der Waals surface area contributed by atoms with Gasteiger partial charge < -0.3 is 14.6 Å². The second-order valence-electron chi connectivity index (χ2n) is 9.56. The van der Waals surface area contributed by atoms with Crippen LogP contribution < -0.4 is 0 Å². The molecule has 6 atom stereocenters. The molecule has 3 aliphatic carbocycles. The maximum Gasteiger partial charge on any atom is 0.173 e. The molecule has 26 heavy (non-hydrogen) atoms. The van der Waals surface area contributed by atoms with Gasteiger partial charge in [-0.05, 0) is 30.8 Å². The average Bonchev–Trinajstić information content (AvgIpc) is 3.23. The van der Waals surface area contributed by atoms with Crippen LogP contribution in [0.4, 0.5) is 0 Å². The van der Waals surface area contributed by atoms with Gasteiger partial charge in [0.1, 0.15) is 5.78 Å². The fourth-order valence-corrected chi connectivity index (χ4v) is 6.68. The van der Waals surface area contributed by atoms with E-state index >= 15 is 0 Å². The van der Waals surface area contributed by atoms with Crippen molar-refractivity contribution in [1.82, 2.24) is 0 Å². The van der Waals surface area contributed by atoms with Crippen LogP contribution in [0.3, 0.4) is 0 Å². The first-order chi connectivity index (χ1) is 12.2. The van der Waals surface area contributed by atoms with Crippen molar-refractivity contribution in [1.29, 1.82) is 0 Å². The van der Waals surface area contributed by atoms with Crippen LogP contribution >= 0.6 is 0 Å². The predicted molar refractivity (Wildman–Crippen MR) is 99.4 cm³/mol. The molecule has 0 radical (unpaired) electrons. The number of hydrogen-bond acceptors (Lipinski definition) is 4. The summed E-state index contributed by atoms with van der Waals surface area (Å²) in [5.41, 5.74) is -0.693. The summed E-state index contributed by atoms with van der Waals surface area (Å²) >= 11 is 0. The van der Waals surface area contributed by atoms with Crippen molar-refractivity contribution in [3.63, 3.8) is 0 Å². The average molecular weight is 360 g/mol. The van der Waals surface area contributed by atoms with E-state index in [9.17, 15) is 9.90 Å². The molecule has 0 aromatic carbocycles. The zero-order valence-electron chi connectivity index (χ0n) is 16.3. The molecule has 2 bridgehead atoms. The fraction of sp³-hybridized carbons (Fsp3) is 0.773. The van der Waals surface area contributed by atoms with Gasteiger partial charge in [-0.1, -0.05) is 33.4 Å². The molecule has 4 aliphatic rings. The normalized spacial score (nSPS) is 50.4. The Hall–Kier alpha value is -0.970. The number of hydrogen-bond donors (Lipinski definition) is 1. The van der Waals surface area contributed by atoms with E-state index in [-0.39, 0.29) is 29.5 Å². The van der Waals surface area contributed by atoms with E-state index in [4.69, 9.17) is 9.47 Å². The Morgan fingerprint density at radius 1 is 1.19 bits per heavy atom. The summed E-state index contributed by atoms with van der Waals surface area (Å²) in [5.74, 6) is -0.344. The van der Waals surface area contributed by atoms with Gasteiger partial charge in [0, 0.05) is 35.0 Å². The lowest BCUT2D eigenvalue weighted by Gasteiger charge is -2.59. The van der Waals surface area contributed by atoms with Crippen LogP contribution in [0.15, 0.2) is 24.8 Å². The van der Waals surface area contributed by atoms with E-state index in [0.29, 0.717) is 13.2 Å². The third-order valence-electron chi connectivity index (χ3n) is 8.54. The van der Waals surface area contributed by atoms with Gasteiger partial charge in [-0.25, -0.2) is 0 Å². The third kappa shape index (κ3) is 1.99. The second kappa shape index (κ2) is 5.52. The predicted octanol–water partition coefficient (Wildman–Crippen LogP) is 3.64. The van der Waals surface area contributed by atoms with Crippen LogP contribution in [-0.2, 0) is 14.3 Å². The Labute approximate surface area is 156 Å². The molecule has 1 aliphatic heterocycles. The van der Waals surface area contributed by atoms with E-state index < -0.39 is 22.7 Å². The van der Waals surface area contributed by atoms with Crippen LogP contribution in [0, 0.1) is 28.1 Å². The number of ketones is 1. The molecule has 1 saturated heterocycles. The highest BCUT2D eigenvalue weighted by molar-refractivity contribution is 5.87. The Morgan fingerprint density at radius 3 is 2.46 bits per heavy atom. The number of aliphatic hydroxyl groups is 1. The highest BCUT2D eigenvalue weighted by Crippen LogP contribution is 2.71. The van der Waals surface area contributed by atoms with Crippen LogP contribution in [0.25, 0.3) is 0 Å². The van der Waals surface area contributed by atoms with Gasteiger partial charge in [0.05, 0.1) is 19.3 Å². The molecule has 0 aromatic heterocycles. The maximum atomic E-state index is 13.7. The van der Waals surface area contributed by atoms with E-state index in [1.165, 1.54) is 0 Å². The van der Waals surface area contributed by atoms with Crippen LogP contribution in [0.2, 0.25) is 0 Å². The summed E-state index contributed by atoms with van der Waals surface area (Å²) in [5, 5.41) is 11.2. The third-order valence-corrected chi connectivity index (χ3v) is 8.54. The molecule has 144 valence electrons. The summed E-state index contributed by atoms with van der Waals surface area (Å²) in [7, 11) is 0. The fourth-order valence-electron chi connectivity index (χ4n) is 6.68. The summed E-state index contributed by atoms with van der Waals surface area (Å²) in [4.78, 5) is 13.7. The van der Waals surface area contributed by atoms with E-state index in [1.54, 1.807) is 6.08 Å². The van der Waals surface area contributed by atoms with E-state index in [1.807, 2.05) is 6.92 Å². The monoisotopic (exact) mass is 360 g/mol.